The molecule has 3 rings (SSSR count). The Bertz CT molecular complexity index is 866. The van der Waals surface area contributed by atoms with Crippen LogP contribution < -0.4 is 15.4 Å². The number of ether oxygens (including phenoxy) is 1. The van der Waals surface area contributed by atoms with Crippen LogP contribution in [0.15, 0.2) is 36.4 Å². The van der Waals surface area contributed by atoms with Gasteiger partial charge in [-0.3, -0.25) is 14.9 Å². The molecule has 27 heavy (non-hydrogen) atoms. The first-order chi connectivity index (χ1) is 13.0. The van der Waals surface area contributed by atoms with Crippen molar-refractivity contribution in [2.45, 2.75) is 38.6 Å². The number of nitro groups is 1. The van der Waals surface area contributed by atoms with Gasteiger partial charge in [-0.1, -0.05) is 12.1 Å². The summed E-state index contributed by atoms with van der Waals surface area (Å²) >= 11 is 0. The van der Waals surface area contributed by atoms with Crippen molar-refractivity contribution in [2.75, 3.05) is 17.7 Å². The van der Waals surface area contributed by atoms with Gasteiger partial charge < -0.3 is 15.4 Å². The number of anilines is 2. The lowest BCUT2D eigenvalue weighted by molar-refractivity contribution is -0.384. The zero-order chi connectivity index (χ0) is 19.4. The minimum absolute atomic E-state index is 0.108. The minimum atomic E-state index is -0.512. The second-order valence-corrected chi connectivity index (χ2v) is 6.65. The second-order valence-electron chi connectivity index (χ2n) is 6.65. The van der Waals surface area contributed by atoms with Gasteiger partial charge in [0.25, 0.3) is 5.69 Å². The normalized spacial score (nSPS) is 14.0. The van der Waals surface area contributed by atoms with Gasteiger partial charge in [0, 0.05) is 17.8 Å². The first-order valence-electron chi connectivity index (χ1n) is 9.00. The van der Waals surface area contributed by atoms with Gasteiger partial charge in [0.1, 0.15) is 11.8 Å². The van der Waals surface area contributed by atoms with Crippen LogP contribution in [0.3, 0.4) is 0 Å². The van der Waals surface area contributed by atoms with Crippen molar-refractivity contribution in [3.63, 3.8) is 0 Å². The molecule has 2 aromatic rings. The highest BCUT2D eigenvalue weighted by molar-refractivity contribution is 5.97. The van der Waals surface area contributed by atoms with E-state index < -0.39 is 11.0 Å². The van der Waals surface area contributed by atoms with Crippen LogP contribution >= 0.6 is 0 Å². The SMILES string of the molecule is COc1ccc([N+](=O)[O-])cc1NC(=O)C(C)Nc1cccc2c1CCCC2. The molecule has 1 aliphatic rings. The molecular weight excluding hydrogens is 346 g/mol. The van der Waals surface area contributed by atoms with Gasteiger partial charge in [0.05, 0.1) is 17.7 Å². The summed E-state index contributed by atoms with van der Waals surface area (Å²) in [5, 5.41) is 17.0. The highest BCUT2D eigenvalue weighted by Crippen LogP contribution is 2.30. The smallest absolute Gasteiger partial charge is 0.271 e. The van der Waals surface area contributed by atoms with Crippen molar-refractivity contribution in [1.82, 2.24) is 0 Å². The summed E-state index contributed by atoms with van der Waals surface area (Å²) in [5.41, 5.74) is 3.75. The van der Waals surface area contributed by atoms with Crippen LogP contribution in [0.2, 0.25) is 0 Å². The Morgan fingerprint density at radius 1 is 1.19 bits per heavy atom. The van der Waals surface area contributed by atoms with E-state index in [4.69, 9.17) is 4.74 Å². The number of benzene rings is 2. The third kappa shape index (κ3) is 4.19. The van der Waals surface area contributed by atoms with E-state index in [1.165, 1.54) is 42.9 Å². The maximum Gasteiger partial charge on any atom is 0.271 e. The maximum atomic E-state index is 12.6. The number of rotatable bonds is 6. The first kappa shape index (κ1) is 18.7. The quantitative estimate of drug-likeness (QED) is 0.594. The molecule has 1 unspecified atom stereocenters. The summed E-state index contributed by atoms with van der Waals surface area (Å²) in [4.78, 5) is 23.1. The number of carbonyl (C=O) groups excluding carboxylic acids is 1. The lowest BCUT2D eigenvalue weighted by Gasteiger charge is -2.23. The topological polar surface area (TPSA) is 93.5 Å². The van der Waals surface area contributed by atoms with Crippen LogP contribution in [0.1, 0.15) is 30.9 Å². The molecule has 0 bridgehead atoms. The number of fused-ring (bicyclic) bond motifs is 1. The van der Waals surface area contributed by atoms with E-state index in [1.807, 2.05) is 12.1 Å². The molecule has 0 saturated heterocycles. The van der Waals surface area contributed by atoms with E-state index in [0.717, 1.165) is 24.9 Å². The molecule has 0 aromatic heterocycles. The Kier molecular flexibility index (Phi) is 5.59. The predicted molar refractivity (Wildman–Crippen MR) is 104 cm³/mol. The minimum Gasteiger partial charge on any atom is -0.495 e. The van der Waals surface area contributed by atoms with Gasteiger partial charge in [-0.15, -0.1) is 0 Å². The lowest BCUT2D eigenvalue weighted by Crippen LogP contribution is -2.32. The van der Waals surface area contributed by atoms with Crippen molar-refractivity contribution in [2.24, 2.45) is 0 Å². The molecule has 7 heteroatoms. The van der Waals surface area contributed by atoms with Gasteiger partial charge in [0.15, 0.2) is 0 Å². The van der Waals surface area contributed by atoms with Crippen molar-refractivity contribution in [3.05, 3.63) is 57.6 Å². The molecule has 142 valence electrons. The Balaban J connectivity index is 1.75. The third-order valence-electron chi connectivity index (χ3n) is 4.81. The first-order valence-corrected chi connectivity index (χ1v) is 9.00. The Hall–Kier alpha value is -3.09. The molecule has 7 nitrogen and oxygen atoms in total. The largest absolute Gasteiger partial charge is 0.495 e. The molecule has 0 aliphatic heterocycles. The number of amides is 1. The standard InChI is InChI=1S/C20H23N3O4/c1-13(21-17-9-5-7-14-6-3-4-8-16(14)17)20(24)22-18-12-15(23(25)26)10-11-19(18)27-2/h5,7,9-13,21H,3-4,6,8H2,1-2H3,(H,22,24). The van der Waals surface area contributed by atoms with E-state index in [-0.39, 0.29) is 17.3 Å². The number of nitro benzene ring substituents is 1. The molecule has 0 radical (unpaired) electrons. The highest BCUT2D eigenvalue weighted by atomic mass is 16.6. The van der Waals surface area contributed by atoms with Gasteiger partial charge in [0.2, 0.25) is 5.91 Å². The number of hydrogen-bond acceptors (Lipinski definition) is 5. The fourth-order valence-electron chi connectivity index (χ4n) is 3.36. The fourth-order valence-corrected chi connectivity index (χ4v) is 3.36. The van der Waals surface area contributed by atoms with Gasteiger partial charge in [-0.05, 0) is 55.9 Å². The van der Waals surface area contributed by atoms with E-state index in [2.05, 4.69) is 16.7 Å². The molecule has 0 heterocycles. The van der Waals surface area contributed by atoms with Crippen LogP contribution in [-0.2, 0) is 17.6 Å². The molecule has 1 amide bonds. The average molecular weight is 369 g/mol. The van der Waals surface area contributed by atoms with Crippen molar-refractivity contribution < 1.29 is 14.5 Å². The molecule has 2 aromatic carbocycles. The van der Waals surface area contributed by atoms with E-state index >= 15 is 0 Å². The lowest BCUT2D eigenvalue weighted by atomic mass is 9.90. The Labute approximate surface area is 157 Å². The number of non-ortho nitro benzene ring substituents is 1. The van der Waals surface area contributed by atoms with Crippen LogP contribution in [0.4, 0.5) is 17.1 Å². The summed E-state index contributed by atoms with van der Waals surface area (Å²) in [6.07, 6.45) is 4.41. The summed E-state index contributed by atoms with van der Waals surface area (Å²) in [7, 11) is 1.45. The monoisotopic (exact) mass is 369 g/mol. The number of aryl methyl sites for hydroxylation is 1. The van der Waals surface area contributed by atoms with E-state index in [1.54, 1.807) is 6.92 Å². The van der Waals surface area contributed by atoms with Gasteiger partial charge >= 0.3 is 0 Å². The van der Waals surface area contributed by atoms with Crippen LogP contribution in [-0.4, -0.2) is 24.0 Å². The molecule has 0 saturated carbocycles. The number of nitrogens with one attached hydrogen (secondary N) is 2. The third-order valence-corrected chi connectivity index (χ3v) is 4.81. The summed E-state index contributed by atoms with van der Waals surface area (Å²) in [6.45, 7) is 1.77. The molecular formula is C20H23N3O4. The highest BCUT2D eigenvalue weighted by Gasteiger charge is 2.20. The molecule has 2 N–H and O–H groups in total. The van der Waals surface area contributed by atoms with Gasteiger partial charge in [-0.25, -0.2) is 0 Å². The molecule has 1 aliphatic carbocycles. The number of carbonyl (C=O) groups is 1. The van der Waals surface area contributed by atoms with Crippen LogP contribution in [0, 0.1) is 10.1 Å². The molecule has 0 spiro atoms. The Morgan fingerprint density at radius 3 is 2.70 bits per heavy atom. The molecule has 1 atom stereocenters. The molecule has 0 fully saturated rings. The van der Waals surface area contributed by atoms with Crippen molar-refractivity contribution >= 4 is 23.0 Å². The summed E-state index contributed by atoms with van der Waals surface area (Å²) in [5.74, 6) is 0.0838. The van der Waals surface area contributed by atoms with Gasteiger partial charge in [-0.2, -0.15) is 0 Å². The fraction of sp³-hybridized carbons (Fsp3) is 0.350. The average Bonchev–Trinajstić information content (AvgIpc) is 2.68. The zero-order valence-corrected chi connectivity index (χ0v) is 15.5. The number of hydrogen-bond donors (Lipinski definition) is 2. The number of methoxy groups -OCH3 is 1. The van der Waals surface area contributed by atoms with E-state index in [0.29, 0.717) is 5.75 Å². The maximum absolute atomic E-state index is 12.6. The van der Waals surface area contributed by atoms with Crippen molar-refractivity contribution in [3.8, 4) is 5.75 Å². The predicted octanol–water partition coefficient (Wildman–Crippen LogP) is 3.92. The zero-order valence-electron chi connectivity index (χ0n) is 15.5. The summed E-state index contributed by atoms with van der Waals surface area (Å²) in [6, 6.07) is 9.73. The number of nitrogens with zero attached hydrogens (tertiary/aromatic N) is 1. The van der Waals surface area contributed by atoms with Crippen LogP contribution in [0.25, 0.3) is 0 Å². The summed E-state index contributed by atoms with van der Waals surface area (Å²) < 4.78 is 5.20. The van der Waals surface area contributed by atoms with Crippen molar-refractivity contribution in [1.29, 1.82) is 0 Å². The van der Waals surface area contributed by atoms with Crippen LogP contribution in [0.5, 0.6) is 5.75 Å². The second kappa shape index (κ2) is 8.07. The van der Waals surface area contributed by atoms with E-state index in [9.17, 15) is 14.9 Å². The Morgan fingerprint density at radius 2 is 1.96 bits per heavy atom.